The van der Waals surface area contributed by atoms with Crippen LogP contribution in [0.25, 0.3) is 11.5 Å². The van der Waals surface area contributed by atoms with Gasteiger partial charge in [-0.05, 0) is 47.1 Å². The number of furan rings is 1. The molecule has 108 valence electrons. The van der Waals surface area contributed by atoms with E-state index in [1.807, 2.05) is 37.3 Å². The first kappa shape index (κ1) is 14.2. The predicted molar refractivity (Wildman–Crippen MR) is 87.5 cm³/mol. The van der Waals surface area contributed by atoms with Crippen LogP contribution in [0.3, 0.4) is 0 Å². The summed E-state index contributed by atoms with van der Waals surface area (Å²) in [6, 6.07) is 9.57. The van der Waals surface area contributed by atoms with Crippen molar-refractivity contribution >= 4 is 33.2 Å². The van der Waals surface area contributed by atoms with Crippen LogP contribution in [0.4, 0.5) is 5.69 Å². The Labute approximate surface area is 135 Å². The summed E-state index contributed by atoms with van der Waals surface area (Å²) in [6.45, 7) is 2.53. The molecular formula is C15H13BrClN3O. The smallest absolute Gasteiger partial charge is 0.152 e. The molecule has 0 unspecified atom stereocenters. The van der Waals surface area contributed by atoms with Gasteiger partial charge in [0.05, 0.1) is 21.4 Å². The van der Waals surface area contributed by atoms with Gasteiger partial charge in [-0.2, -0.15) is 5.10 Å². The van der Waals surface area contributed by atoms with Crippen molar-refractivity contribution in [1.29, 1.82) is 0 Å². The topological polar surface area (TPSA) is 53.9 Å². The zero-order valence-electron chi connectivity index (χ0n) is 11.3. The standard InChI is InChI=1S/C15H13BrClN3O/c1-9-5-6-13(21-9)15-10(8-19-20-15)7-18-12-4-2-3-11(17)14(12)16/h2-6,8,18H,7H2,1H3,(H,19,20). The molecule has 0 bridgehead atoms. The second-order valence-electron chi connectivity index (χ2n) is 4.64. The zero-order chi connectivity index (χ0) is 14.8. The molecule has 21 heavy (non-hydrogen) atoms. The Morgan fingerprint density at radius 1 is 1.33 bits per heavy atom. The van der Waals surface area contributed by atoms with E-state index < -0.39 is 0 Å². The van der Waals surface area contributed by atoms with Gasteiger partial charge in [-0.25, -0.2) is 0 Å². The summed E-state index contributed by atoms with van der Waals surface area (Å²) in [5.74, 6) is 1.66. The first-order chi connectivity index (χ1) is 10.1. The predicted octanol–water partition coefficient (Wildman–Crippen LogP) is 5.01. The highest BCUT2D eigenvalue weighted by molar-refractivity contribution is 9.10. The first-order valence-corrected chi connectivity index (χ1v) is 7.59. The maximum absolute atomic E-state index is 6.08. The van der Waals surface area contributed by atoms with Crippen molar-refractivity contribution in [2.24, 2.45) is 0 Å². The number of nitrogens with one attached hydrogen (secondary N) is 2. The SMILES string of the molecule is Cc1ccc(-c2[nH]ncc2CNc2cccc(Cl)c2Br)o1. The number of aromatic amines is 1. The van der Waals surface area contributed by atoms with Crippen LogP contribution in [0, 0.1) is 6.92 Å². The summed E-state index contributed by atoms with van der Waals surface area (Å²) < 4.78 is 6.49. The molecule has 0 aliphatic rings. The van der Waals surface area contributed by atoms with E-state index in [2.05, 4.69) is 31.4 Å². The fourth-order valence-electron chi connectivity index (χ4n) is 2.06. The lowest BCUT2D eigenvalue weighted by atomic mass is 10.2. The highest BCUT2D eigenvalue weighted by Crippen LogP contribution is 2.31. The number of halogens is 2. The molecule has 3 rings (SSSR count). The average Bonchev–Trinajstić information content (AvgIpc) is 3.09. The average molecular weight is 367 g/mol. The quantitative estimate of drug-likeness (QED) is 0.682. The molecule has 0 amide bonds. The third kappa shape index (κ3) is 2.99. The Kier molecular flexibility index (Phi) is 4.03. The van der Waals surface area contributed by atoms with Crippen LogP contribution < -0.4 is 5.32 Å². The molecule has 0 aliphatic heterocycles. The van der Waals surface area contributed by atoms with E-state index in [0.717, 1.165) is 32.9 Å². The second-order valence-corrected chi connectivity index (χ2v) is 5.84. The van der Waals surface area contributed by atoms with Gasteiger partial charge >= 0.3 is 0 Å². The van der Waals surface area contributed by atoms with Gasteiger partial charge in [-0.1, -0.05) is 17.7 Å². The van der Waals surface area contributed by atoms with E-state index in [1.54, 1.807) is 6.20 Å². The summed E-state index contributed by atoms with van der Waals surface area (Å²) in [5, 5.41) is 11.1. The molecule has 4 nitrogen and oxygen atoms in total. The van der Waals surface area contributed by atoms with Crippen LogP contribution >= 0.6 is 27.5 Å². The van der Waals surface area contributed by atoms with Crippen molar-refractivity contribution in [3.8, 4) is 11.5 Å². The van der Waals surface area contributed by atoms with Gasteiger partial charge < -0.3 is 9.73 Å². The summed E-state index contributed by atoms with van der Waals surface area (Å²) in [6.07, 6.45) is 1.79. The Hall–Kier alpha value is -1.72. The first-order valence-electron chi connectivity index (χ1n) is 6.42. The van der Waals surface area contributed by atoms with E-state index in [-0.39, 0.29) is 0 Å². The van der Waals surface area contributed by atoms with Gasteiger partial charge in [-0.3, -0.25) is 5.10 Å². The summed E-state index contributed by atoms with van der Waals surface area (Å²) >= 11 is 9.56. The molecule has 0 spiro atoms. The number of benzene rings is 1. The molecule has 0 saturated heterocycles. The van der Waals surface area contributed by atoms with Crippen molar-refractivity contribution in [2.45, 2.75) is 13.5 Å². The molecule has 0 saturated carbocycles. The van der Waals surface area contributed by atoms with E-state index in [4.69, 9.17) is 16.0 Å². The molecule has 2 aromatic heterocycles. The Bertz CT molecular complexity index is 766. The van der Waals surface area contributed by atoms with Crippen molar-refractivity contribution in [3.05, 3.63) is 57.3 Å². The zero-order valence-corrected chi connectivity index (χ0v) is 13.6. The monoisotopic (exact) mass is 365 g/mol. The van der Waals surface area contributed by atoms with E-state index >= 15 is 0 Å². The highest BCUT2D eigenvalue weighted by Gasteiger charge is 2.11. The van der Waals surface area contributed by atoms with Crippen molar-refractivity contribution in [3.63, 3.8) is 0 Å². The molecule has 2 N–H and O–H groups in total. The Morgan fingerprint density at radius 3 is 2.95 bits per heavy atom. The molecule has 0 atom stereocenters. The van der Waals surface area contributed by atoms with Crippen LogP contribution in [-0.4, -0.2) is 10.2 Å². The molecular weight excluding hydrogens is 354 g/mol. The number of nitrogens with zero attached hydrogens (tertiary/aromatic N) is 1. The number of H-pyrrole nitrogens is 1. The normalized spacial score (nSPS) is 10.8. The lowest BCUT2D eigenvalue weighted by Gasteiger charge is -2.09. The van der Waals surface area contributed by atoms with Crippen LogP contribution in [0.2, 0.25) is 5.02 Å². The summed E-state index contributed by atoms with van der Waals surface area (Å²) in [5.41, 5.74) is 2.84. The molecule has 3 aromatic rings. The fourth-order valence-corrected chi connectivity index (χ4v) is 2.64. The third-order valence-corrected chi connectivity index (χ3v) is 4.52. The van der Waals surface area contributed by atoms with Crippen molar-refractivity contribution < 1.29 is 4.42 Å². The van der Waals surface area contributed by atoms with Crippen LogP contribution in [0.5, 0.6) is 0 Å². The largest absolute Gasteiger partial charge is 0.460 e. The minimum absolute atomic E-state index is 0.616. The van der Waals surface area contributed by atoms with Gasteiger partial charge in [0.15, 0.2) is 5.76 Å². The number of rotatable bonds is 4. The number of aromatic nitrogens is 2. The van der Waals surface area contributed by atoms with Crippen LogP contribution in [0.15, 0.2) is 45.4 Å². The number of hydrogen-bond donors (Lipinski definition) is 2. The van der Waals surface area contributed by atoms with E-state index in [9.17, 15) is 0 Å². The summed E-state index contributed by atoms with van der Waals surface area (Å²) in [7, 11) is 0. The minimum Gasteiger partial charge on any atom is -0.460 e. The van der Waals surface area contributed by atoms with Gasteiger partial charge in [-0.15, -0.1) is 0 Å². The molecule has 0 radical (unpaired) electrons. The van der Waals surface area contributed by atoms with Crippen molar-refractivity contribution in [2.75, 3.05) is 5.32 Å². The maximum Gasteiger partial charge on any atom is 0.152 e. The van der Waals surface area contributed by atoms with Gasteiger partial charge in [0.1, 0.15) is 11.5 Å². The number of hydrogen-bond acceptors (Lipinski definition) is 3. The third-order valence-electron chi connectivity index (χ3n) is 3.13. The second kappa shape index (κ2) is 5.95. The molecule has 0 fully saturated rings. The van der Waals surface area contributed by atoms with Crippen LogP contribution in [-0.2, 0) is 6.54 Å². The highest BCUT2D eigenvalue weighted by atomic mass is 79.9. The lowest BCUT2D eigenvalue weighted by Crippen LogP contribution is -2.00. The molecule has 1 aromatic carbocycles. The van der Waals surface area contributed by atoms with Gasteiger partial charge in [0.2, 0.25) is 0 Å². The maximum atomic E-state index is 6.08. The fraction of sp³-hybridized carbons (Fsp3) is 0.133. The molecule has 2 heterocycles. The van der Waals surface area contributed by atoms with E-state index in [1.165, 1.54) is 0 Å². The lowest BCUT2D eigenvalue weighted by molar-refractivity contribution is 0.545. The Morgan fingerprint density at radius 2 is 2.19 bits per heavy atom. The van der Waals surface area contributed by atoms with Gasteiger partial charge in [0.25, 0.3) is 0 Å². The molecule has 0 aliphatic carbocycles. The van der Waals surface area contributed by atoms with Gasteiger partial charge in [0, 0.05) is 12.1 Å². The molecule has 6 heteroatoms. The Balaban J connectivity index is 1.80. The van der Waals surface area contributed by atoms with Crippen molar-refractivity contribution in [1.82, 2.24) is 10.2 Å². The summed E-state index contributed by atoms with van der Waals surface area (Å²) in [4.78, 5) is 0. The minimum atomic E-state index is 0.616. The van der Waals surface area contributed by atoms with E-state index in [0.29, 0.717) is 11.6 Å². The number of anilines is 1. The van der Waals surface area contributed by atoms with Crippen LogP contribution in [0.1, 0.15) is 11.3 Å². The number of aryl methyl sites for hydroxylation is 1.